The zero-order valence-corrected chi connectivity index (χ0v) is 15.4. The van der Waals surface area contributed by atoms with Gasteiger partial charge in [-0.2, -0.15) is 5.10 Å². The number of nitrogens with zero attached hydrogens (tertiary/aromatic N) is 1. The summed E-state index contributed by atoms with van der Waals surface area (Å²) in [5.74, 6) is 1.83. The maximum atomic E-state index is 12.1. The lowest BCUT2D eigenvalue weighted by molar-refractivity contribution is -0.120. The minimum Gasteiger partial charge on any atom is -0.493 e. The highest BCUT2D eigenvalue weighted by molar-refractivity contribution is 7.99. The van der Waals surface area contributed by atoms with Gasteiger partial charge in [0.05, 0.1) is 25.7 Å². The summed E-state index contributed by atoms with van der Waals surface area (Å²) in [4.78, 5) is 12.1. The number of rotatable bonds is 8. The number of carbonyl (C=O) groups excluding carboxylic acids is 1. The van der Waals surface area contributed by atoms with Crippen molar-refractivity contribution in [2.24, 2.45) is 5.10 Å². The van der Waals surface area contributed by atoms with Gasteiger partial charge in [-0.05, 0) is 24.6 Å². The topological polar surface area (TPSA) is 59.9 Å². The van der Waals surface area contributed by atoms with Gasteiger partial charge in [-0.3, -0.25) is 4.79 Å². The van der Waals surface area contributed by atoms with Gasteiger partial charge < -0.3 is 9.47 Å². The predicted octanol–water partition coefficient (Wildman–Crippen LogP) is 3.48. The number of hydrogen-bond donors (Lipinski definition) is 1. The van der Waals surface area contributed by atoms with E-state index in [4.69, 9.17) is 9.47 Å². The van der Waals surface area contributed by atoms with E-state index in [1.165, 1.54) is 5.56 Å². The number of methoxy groups -OCH3 is 2. The average molecular weight is 358 g/mol. The zero-order chi connectivity index (χ0) is 18.1. The van der Waals surface area contributed by atoms with Crippen molar-refractivity contribution in [1.82, 2.24) is 5.43 Å². The third-order valence-corrected chi connectivity index (χ3v) is 4.74. The van der Waals surface area contributed by atoms with E-state index >= 15 is 0 Å². The smallest absolute Gasteiger partial charge is 0.252 e. The Kier molecular flexibility index (Phi) is 7.35. The van der Waals surface area contributed by atoms with Crippen LogP contribution in [0.5, 0.6) is 11.5 Å². The molecule has 0 aliphatic carbocycles. The fourth-order valence-electron chi connectivity index (χ4n) is 2.14. The van der Waals surface area contributed by atoms with Gasteiger partial charge in [-0.25, -0.2) is 5.43 Å². The van der Waals surface area contributed by atoms with Gasteiger partial charge >= 0.3 is 0 Å². The second-order valence-electron chi connectivity index (χ2n) is 5.26. The lowest BCUT2D eigenvalue weighted by Crippen LogP contribution is -2.27. The summed E-state index contributed by atoms with van der Waals surface area (Å²) in [6.45, 7) is 1.87. The van der Waals surface area contributed by atoms with Crippen molar-refractivity contribution in [1.29, 1.82) is 0 Å². The van der Waals surface area contributed by atoms with Crippen LogP contribution in [0.1, 0.15) is 18.1 Å². The van der Waals surface area contributed by atoms with E-state index in [-0.39, 0.29) is 11.2 Å². The third kappa shape index (κ3) is 5.53. The number of ether oxygens (including phenoxy) is 2. The van der Waals surface area contributed by atoms with Gasteiger partial charge in [-0.15, -0.1) is 11.8 Å². The van der Waals surface area contributed by atoms with Gasteiger partial charge in [-0.1, -0.05) is 36.4 Å². The van der Waals surface area contributed by atoms with Crippen molar-refractivity contribution >= 4 is 23.9 Å². The predicted molar refractivity (Wildman–Crippen MR) is 102 cm³/mol. The Labute approximate surface area is 152 Å². The Morgan fingerprint density at radius 3 is 2.60 bits per heavy atom. The van der Waals surface area contributed by atoms with Crippen LogP contribution < -0.4 is 14.9 Å². The molecule has 0 fully saturated rings. The number of benzene rings is 2. The number of nitrogens with one attached hydrogen (secondary N) is 1. The van der Waals surface area contributed by atoms with Crippen LogP contribution in [0, 0.1) is 0 Å². The van der Waals surface area contributed by atoms with Crippen LogP contribution >= 0.6 is 11.8 Å². The minimum absolute atomic E-state index is 0.140. The molecule has 5 nitrogen and oxygen atoms in total. The molecule has 1 N–H and O–H groups in total. The van der Waals surface area contributed by atoms with Crippen LogP contribution in [0.25, 0.3) is 0 Å². The zero-order valence-electron chi connectivity index (χ0n) is 14.6. The third-order valence-electron chi connectivity index (χ3n) is 3.52. The molecule has 0 saturated carbocycles. The molecule has 0 unspecified atom stereocenters. The quantitative estimate of drug-likeness (QED) is 0.580. The van der Waals surface area contributed by atoms with Crippen molar-refractivity contribution in [2.45, 2.75) is 17.9 Å². The highest BCUT2D eigenvalue weighted by Crippen LogP contribution is 2.29. The molecule has 0 radical (unpaired) electrons. The monoisotopic (exact) mass is 358 g/mol. The van der Waals surface area contributed by atoms with Gasteiger partial charge in [0, 0.05) is 11.3 Å². The number of hydrogen-bond acceptors (Lipinski definition) is 5. The molecule has 0 spiro atoms. The molecule has 0 aliphatic rings. The van der Waals surface area contributed by atoms with E-state index in [1.807, 2.05) is 49.4 Å². The summed E-state index contributed by atoms with van der Waals surface area (Å²) in [6.07, 6.45) is 1.55. The first kappa shape index (κ1) is 18.9. The first-order valence-electron chi connectivity index (χ1n) is 7.85. The van der Waals surface area contributed by atoms with Crippen LogP contribution in [0.4, 0.5) is 0 Å². The van der Waals surface area contributed by atoms with Gasteiger partial charge in [0.15, 0.2) is 11.5 Å². The highest BCUT2D eigenvalue weighted by atomic mass is 32.2. The second kappa shape index (κ2) is 9.74. The summed E-state index contributed by atoms with van der Waals surface area (Å²) >= 11 is 1.57. The number of thioether (sulfide) groups is 1. The molecule has 132 valence electrons. The van der Waals surface area contributed by atoms with Crippen molar-refractivity contribution in [3.05, 3.63) is 59.7 Å². The molecular formula is C19H22N2O3S. The van der Waals surface area contributed by atoms with E-state index in [0.717, 1.165) is 11.3 Å². The van der Waals surface area contributed by atoms with Crippen LogP contribution in [0.3, 0.4) is 0 Å². The van der Waals surface area contributed by atoms with Crippen molar-refractivity contribution in [2.75, 3.05) is 14.2 Å². The molecule has 1 amide bonds. The molecule has 0 saturated heterocycles. The lowest BCUT2D eigenvalue weighted by Gasteiger charge is -2.10. The Morgan fingerprint density at radius 2 is 1.92 bits per heavy atom. The molecular weight excluding hydrogens is 336 g/mol. The molecule has 25 heavy (non-hydrogen) atoms. The summed E-state index contributed by atoms with van der Waals surface area (Å²) in [5.41, 5.74) is 4.49. The second-order valence-corrected chi connectivity index (χ2v) is 6.58. The fraction of sp³-hybridized carbons (Fsp3) is 0.263. The summed E-state index contributed by atoms with van der Waals surface area (Å²) in [5, 5.41) is 3.82. The fourth-order valence-corrected chi connectivity index (χ4v) is 2.98. The Bertz CT molecular complexity index is 720. The molecule has 1 atom stereocenters. The van der Waals surface area contributed by atoms with Crippen LogP contribution in [-0.4, -0.2) is 31.6 Å². The molecule has 0 aromatic heterocycles. The van der Waals surface area contributed by atoms with Crippen LogP contribution in [0.15, 0.2) is 53.6 Å². The van der Waals surface area contributed by atoms with Crippen molar-refractivity contribution in [3.63, 3.8) is 0 Å². The van der Waals surface area contributed by atoms with E-state index in [2.05, 4.69) is 10.5 Å². The Balaban J connectivity index is 1.89. The molecule has 0 bridgehead atoms. The number of para-hydroxylation sites is 1. The maximum Gasteiger partial charge on any atom is 0.252 e. The Morgan fingerprint density at radius 1 is 1.16 bits per heavy atom. The number of amides is 1. The number of carbonyl (C=O) groups is 1. The largest absolute Gasteiger partial charge is 0.493 e. The van der Waals surface area contributed by atoms with Crippen molar-refractivity contribution < 1.29 is 14.3 Å². The molecule has 0 aliphatic heterocycles. The average Bonchev–Trinajstić information content (AvgIpc) is 2.66. The maximum absolute atomic E-state index is 12.1. The standard InChI is InChI=1S/C19H22N2O3S/c1-14(25-13-15-8-5-4-6-9-15)19(22)21-20-12-16-10-7-11-17(23-2)18(16)24-3/h4-12,14H,13H2,1-3H3,(H,21,22)/b20-12-/t14-/m1/s1. The number of hydrazone groups is 1. The molecule has 0 heterocycles. The first-order valence-corrected chi connectivity index (χ1v) is 8.90. The summed E-state index contributed by atoms with van der Waals surface area (Å²) < 4.78 is 10.6. The van der Waals surface area contributed by atoms with E-state index in [9.17, 15) is 4.79 Å². The van der Waals surface area contributed by atoms with Gasteiger partial charge in [0.2, 0.25) is 0 Å². The normalized spacial score (nSPS) is 12.0. The SMILES string of the molecule is COc1cccc(/C=N\NC(=O)[C@@H](C)SCc2ccccc2)c1OC. The first-order chi connectivity index (χ1) is 12.2. The molecule has 2 rings (SSSR count). The molecule has 2 aromatic carbocycles. The molecule has 2 aromatic rings. The van der Waals surface area contributed by atoms with E-state index in [0.29, 0.717) is 11.5 Å². The minimum atomic E-state index is -0.204. The van der Waals surface area contributed by atoms with Gasteiger partial charge in [0.1, 0.15) is 0 Å². The summed E-state index contributed by atoms with van der Waals surface area (Å²) in [7, 11) is 3.14. The highest BCUT2D eigenvalue weighted by Gasteiger charge is 2.13. The lowest BCUT2D eigenvalue weighted by atomic mass is 10.2. The Hall–Kier alpha value is -2.47. The van der Waals surface area contributed by atoms with Crippen molar-refractivity contribution in [3.8, 4) is 11.5 Å². The van der Waals surface area contributed by atoms with Gasteiger partial charge in [0.25, 0.3) is 5.91 Å². The van der Waals surface area contributed by atoms with Crippen LogP contribution in [-0.2, 0) is 10.5 Å². The van der Waals surface area contributed by atoms with E-state index < -0.39 is 0 Å². The van der Waals surface area contributed by atoms with Crippen LogP contribution in [0.2, 0.25) is 0 Å². The van der Waals surface area contributed by atoms with E-state index in [1.54, 1.807) is 38.3 Å². The molecule has 6 heteroatoms. The summed E-state index contributed by atoms with van der Waals surface area (Å²) in [6, 6.07) is 15.5.